The molecule has 2 aromatic rings. The summed E-state index contributed by atoms with van der Waals surface area (Å²) >= 11 is 12.4. The van der Waals surface area contributed by atoms with E-state index in [1.807, 2.05) is 37.9 Å². The lowest BCUT2D eigenvalue weighted by Crippen LogP contribution is -2.14. The number of aryl methyl sites for hydroxylation is 1. The summed E-state index contributed by atoms with van der Waals surface area (Å²) in [6, 6.07) is 8.13. The van der Waals surface area contributed by atoms with Crippen molar-refractivity contribution in [2.45, 2.75) is 20.4 Å². The van der Waals surface area contributed by atoms with Gasteiger partial charge in [-0.1, -0.05) is 29.3 Å². The van der Waals surface area contributed by atoms with Gasteiger partial charge in [0.25, 0.3) is 0 Å². The number of anilines is 1. The summed E-state index contributed by atoms with van der Waals surface area (Å²) in [6.45, 7) is 5.38. The topological polar surface area (TPSA) is 27.6 Å². The number of hydrogen-bond acceptors (Lipinski definition) is 2. The molecule has 0 saturated carbocycles. The molecule has 0 aliphatic rings. The third-order valence-electron chi connectivity index (χ3n) is 3.67. The second-order valence-corrected chi connectivity index (χ2v) is 6.34. The zero-order valence-corrected chi connectivity index (χ0v) is 15.4. The Hall–Kier alpha value is -1.78. The molecule has 0 bridgehead atoms. The van der Waals surface area contributed by atoms with Crippen LogP contribution in [-0.2, 0) is 6.54 Å². The van der Waals surface area contributed by atoms with Crippen molar-refractivity contribution in [3.8, 4) is 0 Å². The lowest BCUT2D eigenvalue weighted by molar-refractivity contribution is 0.552. The molecule has 3 nitrogen and oxygen atoms in total. The van der Waals surface area contributed by atoms with E-state index < -0.39 is 0 Å². The predicted molar refractivity (Wildman–Crippen MR) is 101 cm³/mol. The zero-order chi connectivity index (χ0) is 17.7. The van der Waals surface area contributed by atoms with Crippen LogP contribution in [0.1, 0.15) is 18.1 Å². The van der Waals surface area contributed by atoms with Crippen molar-refractivity contribution >= 4 is 40.9 Å². The fourth-order valence-corrected chi connectivity index (χ4v) is 2.50. The largest absolute Gasteiger partial charge is 0.381 e. The fraction of sp³-hybridized carbons (Fsp3) is 0.278. The Balaban J connectivity index is 2.14. The highest BCUT2D eigenvalue weighted by atomic mass is 35.5. The van der Waals surface area contributed by atoms with Gasteiger partial charge in [0.2, 0.25) is 0 Å². The number of aliphatic imine (C=N–C) groups is 1. The molecule has 0 spiro atoms. The van der Waals surface area contributed by atoms with Gasteiger partial charge in [0.05, 0.1) is 17.0 Å². The summed E-state index contributed by atoms with van der Waals surface area (Å²) < 4.78 is 13.1. The van der Waals surface area contributed by atoms with E-state index in [0.29, 0.717) is 16.6 Å². The molecular formula is C18H20Cl2FN3. The molecular weight excluding hydrogens is 348 g/mol. The molecule has 0 saturated heterocycles. The number of hydrogen-bond donors (Lipinski definition) is 1. The molecule has 2 aromatic carbocycles. The normalized spacial score (nSPS) is 11.1. The number of halogens is 3. The standard InChI is InChI=1S/C18H20Cl2FN3/c1-4-24(3)11-23-18-7-12(2)17(9-16(18)20)22-10-13-5-6-14(21)8-15(13)19/h5-9,11,22H,4,10H2,1-3H3. The second kappa shape index (κ2) is 8.36. The Morgan fingerprint density at radius 2 is 1.96 bits per heavy atom. The Morgan fingerprint density at radius 3 is 2.62 bits per heavy atom. The van der Waals surface area contributed by atoms with Gasteiger partial charge in [-0.2, -0.15) is 0 Å². The zero-order valence-electron chi connectivity index (χ0n) is 13.9. The molecule has 0 fully saturated rings. The minimum absolute atomic E-state index is 0.345. The molecule has 6 heteroatoms. The van der Waals surface area contributed by atoms with Crippen LogP contribution in [0.15, 0.2) is 35.3 Å². The lowest BCUT2D eigenvalue weighted by Gasteiger charge is -2.13. The monoisotopic (exact) mass is 367 g/mol. The first kappa shape index (κ1) is 18.6. The minimum atomic E-state index is -0.345. The Morgan fingerprint density at radius 1 is 1.21 bits per heavy atom. The van der Waals surface area contributed by atoms with E-state index in [9.17, 15) is 4.39 Å². The van der Waals surface area contributed by atoms with Crippen LogP contribution in [0.3, 0.4) is 0 Å². The van der Waals surface area contributed by atoms with Gasteiger partial charge in [-0.05, 0) is 49.2 Å². The Bertz CT molecular complexity index is 747. The Labute approximate surface area is 152 Å². The number of rotatable bonds is 6. The molecule has 0 heterocycles. The highest BCUT2D eigenvalue weighted by molar-refractivity contribution is 6.33. The second-order valence-electron chi connectivity index (χ2n) is 5.53. The summed E-state index contributed by atoms with van der Waals surface area (Å²) in [7, 11) is 1.95. The molecule has 0 aromatic heterocycles. The average molecular weight is 368 g/mol. The van der Waals surface area contributed by atoms with E-state index in [1.54, 1.807) is 12.4 Å². The van der Waals surface area contributed by atoms with Gasteiger partial charge >= 0.3 is 0 Å². The fourth-order valence-electron chi connectivity index (χ4n) is 2.05. The minimum Gasteiger partial charge on any atom is -0.381 e. The molecule has 1 N–H and O–H groups in total. The molecule has 128 valence electrons. The van der Waals surface area contributed by atoms with Gasteiger partial charge in [0.1, 0.15) is 5.82 Å². The Kier molecular flexibility index (Phi) is 6.46. The number of nitrogens with one attached hydrogen (secondary N) is 1. The van der Waals surface area contributed by atoms with Crippen LogP contribution < -0.4 is 5.32 Å². The van der Waals surface area contributed by atoms with Crippen molar-refractivity contribution in [1.29, 1.82) is 0 Å². The molecule has 0 aliphatic heterocycles. The maximum absolute atomic E-state index is 13.1. The third-order valence-corrected chi connectivity index (χ3v) is 4.33. The first-order chi connectivity index (χ1) is 11.4. The first-order valence-corrected chi connectivity index (χ1v) is 8.38. The van der Waals surface area contributed by atoms with Crippen LogP contribution in [-0.4, -0.2) is 24.8 Å². The van der Waals surface area contributed by atoms with Crippen LogP contribution in [0.5, 0.6) is 0 Å². The van der Waals surface area contributed by atoms with Crippen LogP contribution in [0, 0.1) is 12.7 Å². The lowest BCUT2D eigenvalue weighted by atomic mass is 10.1. The van der Waals surface area contributed by atoms with Crippen molar-refractivity contribution in [1.82, 2.24) is 4.90 Å². The number of benzene rings is 2. The third kappa shape index (κ3) is 4.86. The number of nitrogens with zero attached hydrogens (tertiary/aromatic N) is 2. The molecule has 0 radical (unpaired) electrons. The van der Waals surface area contributed by atoms with Gasteiger partial charge in [0.15, 0.2) is 0 Å². The smallest absolute Gasteiger partial charge is 0.124 e. The van der Waals surface area contributed by atoms with Gasteiger partial charge < -0.3 is 10.2 Å². The first-order valence-electron chi connectivity index (χ1n) is 7.63. The summed E-state index contributed by atoms with van der Waals surface area (Å²) in [5, 5.41) is 4.24. The summed E-state index contributed by atoms with van der Waals surface area (Å²) in [5.74, 6) is -0.345. The van der Waals surface area contributed by atoms with E-state index in [1.165, 1.54) is 12.1 Å². The van der Waals surface area contributed by atoms with E-state index in [2.05, 4.69) is 10.3 Å². The van der Waals surface area contributed by atoms with E-state index >= 15 is 0 Å². The quantitative estimate of drug-likeness (QED) is 0.526. The molecule has 24 heavy (non-hydrogen) atoms. The maximum Gasteiger partial charge on any atom is 0.124 e. The summed E-state index contributed by atoms with van der Waals surface area (Å²) in [4.78, 5) is 6.37. The van der Waals surface area contributed by atoms with Crippen molar-refractivity contribution < 1.29 is 4.39 Å². The molecule has 0 atom stereocenters. The van der Waals surface area contributed by atoms with Crippen LogP contribution in [0.4, 0.5) is 15.8 Å². The average Bonchev–Trinajstić information content (AvgIpc) is 2.54. The maximum atomic E-state index is 13.1. The molecule has 0 unspecified atom stereocenters. The van der Waals surface area contributed by atoms with Gasteiger partial charge in [-0.3, -0.25) is 0 Å². The van der Waals surface area contributed by atoms with E-state index in [0.717, 1.165) is 29.0 Å². The van der Waals surface area contributed by atoms with Crippen LogP contribution in [0.2, 0.25) is 10.0 Å². The van der Waals surface area contributed by atoms with E-state index in [4.69, 9.17) is 23.2 Å². The SMILES string of the molecule is CCN(C)C=Nc1cc(C)c(NCc2ccc(F)cc2Cl)cc1Cl. The molecule has 0 amide bonds. The predicted octanol–water partition coefficient (Wildman–Crippen LogP) is 5.66. The van der Waals surface area contributed by atoms with Crippen molar-refractivity contribution in [3.05, 3.63) is 57.3 Å². The van der Waals surface area contributed by atoms with E-state index in [-0.39, 0.29) is 5.82 Å². The van der Waals surface area contributed by atoms with Gasteiger partial charge in [-0.15, -0.1) is 0 Å². The van der Waals surface area contributed by atoms with Crippen LogP contribution in [0.25, 0.3) is 0 Å². The molecule has 0 aliphatic carbocycles. The summed E-state index contributed by atoms with van der Waals surface area (Å²) in [5.41, 5.74) is 3.45. The van der Waals surface area contributed by atoms with Crippen molar-refractivity contribution in [2.24, 2.45) is 4.99 Å². The highest BCUT2D eigenvalue weighted by Crippen LogP contribution is 2.31. The highest BCUT2D eigenvalue weighted by Gasteiger charge is 2.07. The van der Waals surface area contributed by atoms with Gasteiger partial charge in [0, 0.05) is 30.8 Å². The molecule has 2 rings (SSSR count). The van der Waals surface area contributed by atoms with Gasteiger partial charge in [-0.25, -0.2) is 9.38 Å². The van der Waals surface area contributed by atoms with Crippen molar-refractivity contribution in [2.75, 3.05) is 18.9 Å². The summed E-state index contributed by atoms with van der Waals surface area (Å²) in [6.07, 6.45) is 1.76. The van der Waals surface area contributed by atoms with Crippen molar-refractivity contribution in [3.63, 3.8) is 0 Å². The van der Waals surface area contributed by atoms with Crippen LogP contribution >= 0.6 is 23.2 Å².